The van der Waals surface area contributed by atoms with Gasteiger partial charge in [0.25, 0.3) is 0 Å². The molecule has 0 atom stereocenters. The van der Waals surface area contributed by atoms with Crippen LogP contribution in [0.4, 0.5) is 0 Å². The number of pyridine rings is 1. The van der Waals surface area contributed by atoms with Crippen LogP contribution >= 0.6 is 11.6 Å². The zero-order chi connectivity index (χ0) is 23.7. The normalized spacial score (nSPS) is 11.3. The molecule has 0 fully saturated rings. The molecular weight excluding hydrogens is 468 g/mol. The molecule has 5 rings (SSSR count). The van der Waals surface area contributed by atoms with E-state index in [2.05, 4.69) is 6.07 Å². The Kier molecular flexibility index (Phi) is 5.58. The number of hydrogen-bond donors (Lipinski definition) is 0. The van der Waals surface area contributed by atoms with Crippen LogP contribution in [0.5, 0.6) is 5.75 Å². The third-order valence-electron chi connectivity index (χ3n) is 5.44. The summed E-state index contributed by atoms with van der Waals surface area (Å²) in [7, 11) is -4.23. The number of benzene rings is 3. The summed E-state index contributed by atoms with van der Waals surface area (Å²) in [6.45, 7) is 0. The minimum absolute atomic E-state index is 0.0361. The first kappa shape index (κ1) is 21.8. The van der Waals surface area contributed by atoms with Crippen molar-refractivity contribution in [2.45, 2.75) is 4.90 Å². The van der Waals surface area contributed by atoms with E-state index in [4.69, 9.17) is 15.8 Å². The summed E-state index contributed by atoms with van der Waals surface area (Å²) < 4.78 is 34.3. The predicted octanol–water partition coefficient (Wildman–Crippen LogP) is 6.57. The minimum atomic E-state index is -4.23. The van der Waals surface area contributed by atoms with Gasteiger partial charge in [-0.2, -0.15) is 13.7 Å². The van der Waals surface area contributed by atoms with Gasteiger partial charge in [-0.1, -0.05) is 72.3 Å². The van der Waals surface area contributed by atoms with Crippen LogP contribution in [-0.4, -0.2) is 12.8 Å². The number of halogens is 1. The molecule has 0 N–H and O–H groups in total. The lowest BCUT2D eigenvalue weighted by molar-refractivity contribution is 0.489. The zero-order valence-corrected chi connectivity index (χ0v) is 19.3. The first-order valence-electron chi connectivity index (χ1n) is 10.4. The smallest absolute Gasteiger partial charge is 0.339 e. The SMILES string of the molecule is N#Cc1cccn2c(-c3ccccc3)c(-c3ccccc3)c(OS(=O)(=O)c3ccc(Cl)cc3)c12. The summed E-state index contributed by atoms with van der Waals surface area (Å²) in [5, 5.41) is 10.3. The van der Waals surface area contributed by atoms with Crippen molar-refractivity contribution in [1.29, 1.82) is 5.26 Å². The Morgan fingerprint density at radius 1 is 0.794 bits per heavy atom. The molecule has 5 nitrogen and oxygen atoms in total. The summed E-state index contributed by atoms with van der Waals surface area (Å²) in [5.74, 6) is 0.0946. The Labute approximate surface area is 202 Å². The molecule has 0 radical (unpaired) electrons. The summed E-state index contributed by atoms with van der Waals surface area (Å²) >= 11 is 5.94. The summed E-state index contributed by atoms with van der Waals surface area (Å²) in [4.78, 5) is -0.0361. The van der Waals surface area contributed by atoms with Crippen molar-refractivity contribution in [2.75, 3.05) is 0 Å². The molecule has 0 unspecified atom stereocenters. The fraction of sp³-hybridized carbons (Fsp3) is 0. The van der Waals surface area contributed by atoms with Crippen LogP contribution in [0.1, 0.15) is 5.56 Å². The number of aromatic nitrogens is 1. The van der Waals surface area contributed by atoms with E-state index in [-0.39, 0.29) is 10.6 Å². The number of hydrogen-bond acceptors (Lipinski definition) is 4. The highest BCUT2D eigenvalue weighted by Crippen LogP contribution is 2.46. The Morgan fingerprint density at radius 2 is 1.41 bits per heavy atom. The molecule has 34 heavy (non-hydrogen) atoms. The van der Waals surface area contributed by atoms with Gasteiger partial charge in [0.15, 0.2) is 5.75 Å². The number of fused-ring (bicyclic) bond motifs is 1. The van der Waals surface area contributed by atoms with E-state index in [9.17, 15) is 13.7 Å². The van der Waals surface area contributed by atoms with Gasteiger partial charge in [-0.05, 0) is 47.5 Å². The van der Waals surface area contributed by atoms with Gasteiger partial charge in [-0.3, -0.25) is 0 Å². The van der Waals surface area contributed by atoms with Crippen LogP contribution in [0, 0.1) is 11.3 Å². The lowest BCUT2D eigenvalue weighted by atomic mass is 10.0. The van der Waals surface area contributed by atoms with Crippen molar-refractivity contribution in [3.8, 4) is 34.2 Å². The maximum atomic E-state index is 13.3. The summed E-state index contributed by atoms with van der Waals surface area (Å²) in [5.41, 5.74) is 3.58. The van der Waals surface area contributed by atoms with E-state index >= 15 is 0 Å². The minimum Gasteiger partial charge on any atom is -0.376 e. The Morgan fingerprint density at radius 3 is 2.03 bits per heavy atom. The second kappa shape index (κ2) is 8.71. The monoisotopic (exact) mass is 484 g/mol. The molecule has 0 amide bonds. The largest absolute Gasteiger partial charge is 0.376 e. The molecule has 0 saturated heterocycles. The molecule has 7 heteroatoms. The van der Waals surface area contributed by atoms with E-state index in [1.54, 1.807) is 18.3 Å². The topological polar surface area (TPSA) is 71.6 Å². The van der Waals surface area contributed by atoms with Gasteiger partial charge in [0, 0.05) is 11.2 Å². The van der Waals surface area contributed by atoms with Gasteiger partial charge in [0.2, 0.25) is 0 Å². The number of rotatable bonds is 5. The highest BCUT2D eigenvalue weighted by Gasteiger charge is 2.28. The van der Waals surface area contributed by atoms with Gasteiger partial charge >= 0.3 is 10.1 Å². The first-order chi connectivity index (χ1) is 16.5. The maximum absolute atomic E-state index is 13.3. The van der Waals surface area contributed by atoms with E-state index in [0.29, 0.717) is 21.7 Å². The van der Waals surface area contributed by atoms with Crippen LogP contribution < -0.4 is 4.18 Å². The predicted molar refractivity (Wildman–Crippen MR) is 132 cm³/mol. The second-order valence-corrected chi connectivity index (χ2v) is 9.51. The highest BCUT2D eigenvalue weighted by atomic mass is 35.5. The Balaban J connectivity index is 1.87. The average molecular weight is 485 g/mol. The molecule has 166 valence electrons. The fourth-order valence-corrected chi connectivity index (χ4v) is 5.03. The lowest BCUT2D eigenvalue weighted by Crippen LogP contribution is -2.10. The van der Waals surface area contributed by atoms with Crippen molar-refractivity contribution in [2.24, 2.45) is 0 Å². The van der Waals surface area contributed by atoms with Crippen LogP contribution in [0.3, 0.4) is 0 Å². The first-order valence-corrected chi connectivity index (χ1v) is 12.2. The molecule has 0 aliphatic carbocycles. The standard InChI is InChI=1S/C27H17ClN2O3S/c28-22-13-15-23(16-14-22)34(31,32)33-27-24(19-8-3-1-4-9-19)25(20-10-5-2-6-11-20)30-17-7-12-21(18-29)26(27)30/h1-17H. The maximum Gasteiger partial charge on any atom is 0.339 e. The van der Waals surface area contributed by atoms with Crippen molar-refractivity contribution in [3.63, 3.8) is 0 Å². The van der Waals surface area contributed by atoms with E-state index < -0.39 is 10.1 Å². The molecule has 0 aliphatic rings. The van der Waals surface area contributed by atoms with Gasteiger partial charge < -0.3 is 8.58 Å². The Bertz CT molecular complexity index is 1640. The third-order valence-corrected chi connectivity index (χ3v) is 6.93. The van der Waals surface area contributed by atoms with Crippen LogP contribution in [0.25, 0.3) is 27.9 Å². The van der Waals surface area contributed by atoms with E-state index in [0.717, 1.165) is 16.8 Å². The molecule has 0 spiro atoms. The quantitative estimate of drug-likeness (QED) is 0.265. The third kappa shape index (κ3) is 3.81. The molecule has 2 heterocycles. The molecule has 0 bridgehead atoms. The van der Waals surface area contributed by atoms with E-state index in [1.165, 1.54) is 24.3 Å². The molecule has 0 saturated carbocycles. The van der Waals surface area contributed by atoms with Gasteiger partial charge in [0.1, 0.15) is 16.5 Å². The van der Waals surface area contributed by atoms with Crippen LogP contribution in [0.2, 0.25) is 5.02 Å². The van der Waals surface area contributed by atoms with Crippen molar-refractivity contribution in [3.05, 3.63) is 114 Å². The summed E-state index contributed by atoms with van der Waals surface area (Å²) in [6, 6.07) is 30.3. The average Bonchev–Trinajstić information content (AvgIpc) is 3.19. The molecule has 5 aromatic rings. The van der Waals surface area contributed by atoms with Crippen LogP contribution in [0.15, 0.2) is 108 Å². The van der Waals surface area contributed by atoms with E-state index in [1.807, 2.05) is 65.1 Å². The highest BCUT2D eigenvalue weighted by molar-refractivity contribution is 7.87. The lowest BCUT2D eigenvalue weighted by Gasteiger charge is -2.11. The molecule has 0 aliphatic heterocycles. The fourth-order valence-electron chi connectivity index (χ4n) is 3.96. The second-order valence-electron chi connectivity index (χ2n) is 7.53. The molecular formula is C27H17ClN2O3S. The number of nitriles is 1. The molecule has 3 aromatic carbocycles. The van der Waals surface area contributed by atoms with Gasteiger partial charge in [0.05, 0.1) is 16.8 Å². The van der Waals surface area contributed by atoms with Gasteiger partial charge in [-0.15, -0.1) is 0 Å². The van der Waals surface area contributed by atoms with Crippen molar-refractivity contribution in [1.82, 2.24) is 4.40 Å². The van der Waals surface area contributed by atoms with Gasteiger partial charge in [-0.25, -0.2) is 0 Å². The van der Waals surface area contributed by atoms with Crippen LogP contribution in [-0.2, 0) is 10.1 Å². The van der Waals surface area contributed by atoms with Crippen molar-refractivity contribution < 1.29 is 12.6 Å². The summed E-state index contributed by atoms with van der Waals surface area (Å²) in [6.07, 6.45) is 1.80. The van der Waals surface area contributed by atoms with Crippen molar-refractivity contribution >= 4 is 27.2 Å². The number of nitrogens with zero attached hydrogens (tertiary/aromatic N) is 2. The zero-order valence-electron chi connectivity index (χ0n) is 17.7. The Hall–Kier alpha value is -4.05. The molecule has 2 aromatic heterocycles.